The molecule has 4 heterocycles. The maximum atomic E-state index is 12.9. The van der Waals surface area contributed by atoms with Crippen LogP contribution < -0.4 is 15.0 Å². The van der Waals surface area contributed by atoms with Gasteiger partial charge in [-0.1, -0.05) is 54.9 Å². The number of thioether (sulfide) groups is 1. The number of piperidine rings is 1. The van der Waals surface area contributed by atoms with Gasteiger partial charge < -0.3 is 24.6 Å². The number of ether oxygens (including phenoxy) is 2. The molecule has 1 saturated heterocycles. The molecule has 1 unspecified atom stereocenters. The molecule has 43 heavy (non-hydrogen) atoms. The largest absolute Gasteiger partial charge is 0.461 e. The number of hydrogen-bond acceptors (Lipinski definition) is 11. The van der Waals surface area contributed by atoms with Gasteiger partial charge in [0.05, 0.1) is 16.8 Å². The normalized spacial score (nSPS) is 18.4. The van der Waals surface area contributed by atoms with E-state index in [2.05, 4.69) is 61.7 Å². The minimum Gasteiger partial charge on any atom is -0.461 e. The van der Waals surface area contributed by atoms with Crippen molar-refractivity contribution in [1.29, 1.82) is 0 Å². The van der Waals surface area contributed by atoms with E-state index in [9.17, 15) is 4.79 Å². The Morgan fingerprint density at radius 2 is 1.98 bits per heavy atom. The molecule has 0 amide bonds. The topological polar surface area (TPSA) is 97.1 Å². The van der Waals surface area contributed by atoms with Crippen LogP contribution in [0.5, 0.6) is 0 Å². The second-order valence-electron chi connectivity index (χ2n) is 12.1. The van der Waals surface area contributed by atoms with Crippen LogP contribution in [0.2, 0.25) is 25.7 Å². The highest BCUT2D eigenvalue weighted by atomic mass is 32.2. The van der Waals surface area contributed by atoms with Gasteiger partial charge >= 0.3 is 5.97 Å². The number of rotatable bonds is 11. The van der Waals surface area contributed by atoms with Gasteiger partial charge in [-0.15, -0.1) is 10.2 Å². The average Bonchev–Trinajstić information content (AvgIpc) is 3.58. The van der Waals surface area contributed by atoms with Crippen molar-refractivity contribution in [1.82, 2.24) is 25.0 Å². The number of aromatic nitrogens is 3. The fourth-order valence-corrected chi connectivity index (χ4v) is 8.14. The highest BCUT2D eigenvalue weighted by Gasteiger charge is 2.39. The number of benzene rings is 1. The van der Waals surface area contributed by atoms with Crippen LogP contribution in [0, 0.1) is 6.92 Å². The first-order chi connectivity index (χ1) is 20.7. The number of nitrogens with zero attached hydrogens (tertiary/aromatic N) is 6. The number of hydrogen-bond donors (Lipinski definition) is 1. The van der Waals surface area contributed by atoms with Crippen LogP contribution >= 0.6 is 23.1 Å². The van der Waals surface area contributed by atoms with Crippen molar-refractivity contribution in [3.05, 3.63) is 51.8 Å². The smallest absolute Gasteiger partial charge is 0.355 e. The second-order valence-corrected chi connectivity index (χ2v) is 19.7. The number of esters is 1. The van der Waals surface area contributed by atoms with E-state index in [0.717, 1.165) is 65.0 Å². The molecular formula is C30H43N7O3S2Si. The highest BCUT2D eigenvalue weighted by molar-refractivity contribution is 8.03. The first-order valence-corrected chi connectivity index (χ1v) is 20.4. The summed E-state index contributed by atoms with van der Waals surface area (Å²) in [6.07, 6.45) is 1.92. The van der Waals surface area contributed by atoms with Crippen LogP contribution in [0.25, 0.3) is 10.2 Å². The summed E-state index contributed by atoms with van der Waals surface area (Å²) in [6.45, 7) is 14.3. The molecule has 5 rings (SSSR count). The lowest BCUT2D eigenvalue weighted by Crippen LogP contribution is -2.51. The van der Waals surface area contributed by atoms with Crippen LogP contribution in [-0.2, 0) is 21.0 Å². The molecule has 2 aliphatic rings. The third-order valence-corrected chi connectivity index (χ3v) is 11.6. The lowest BCUT2D eigenvalue weighted by molar-refractivity contribution is -0.140. The number of aryl methyl sites for hydroxylation is 1. The van der Waals surface area contributed by atoms with Gasteiger partial charge in [-0.2, -0.15) is 4.99 Å². The lowest BCUT2D eigenvalue weighted by atomic mass is 10.0. The Hall–Kier alpha value is -2.71. The molecule has 10 nitrogen and oxygen atoms in total. The monoisotopic (exact) mass is 641 g/mol. The van der Waals surface area contributed by atoms with Crippen molar-refractivity contribution in [3.63, 3.8) is 0 Å². The highest BCUT2D eigenvalue weighted by Crippen LogP contribution is 2.38. The Bertz CT molecular complexity index is 1530. The first-order valence-electron chi connectivity index (χ1n) is 15.0. The maximum Gasteiger partial charge on any atom is 0.355 e. The summed E-state index contributed by atoms with van der Waals surface area (Å²) in [6, 6.07) is 11.7. The molecule has 1 N–H and O–H groups in total. The Morgan fingerprint density at radius 3 is 2.70 bits per heavy atom. The predicted molar refractivity (Wildman–Crippen MR) is 178 cm³/mol. The summed E-state index contributed by atoms with van der Waals surface area (Å²) in [5, 5.41) is 14.5. The van der Waals surface area contributed by atoms with Crippen molar-refractivity contribution in [2.75, 3.05) is 38.3 Å². The number of carbonyl (C=O) groups is 1. The number of carbonyl (C=O) groups excluding carboxylic acids is 1. The first kappa shape index (κ1) is 31.7. The van der Waals surface area contributed by atoms with Crippen LogP contribution in [0.3, 0.4) is 0 Å². The van der Waals surface area contributed by atoms with Gasteiger partial charge in [-0.3, -0.25) is 4.57 Å². The number of fused-ring (bicyclic) bond motifs is 1. The van der Waals surface area contributed by atoms with E-state index in [0.29, 0.717) is 24.9 Å². The fourth-order valence-electron chi connectivity index (χ4n) is 5.19. The fraction of sp³-hybridized carbons (Fsp3) is 0.533. The van der Waals surface area contributed by atoms with Gasteiger partial charge in [0.1, 0.15) is 12.4 Å². The molecule has 1 fully saturated rings. The third-order valence-electron chi connectivity index (χ3n) is 7.65. The summed E-state index contributed by atoms with van der Waals surface area (Å²) in [5.41, 5.74) is 2.52. The van der Waals surface area contributed by atoms with Crippen molar-refractivity contribution in [3.8, 4) is 0 Å². The van der Waals surface area contributed by atoms with Crippen molar-refractivity contribution < 1.29 is 14.3 Å². The van der Waals surface area contributed by atoms with Crippen molar-refractivity contribution in [2.24, 2.45) is 4.99 Å². The van der Waals surface area contributed by atoms with Crippen LogP contribution in [-0.4, -0.2) is 78.6 Å². The Balaban J connectivity index is 1.39. The molecule has 232 valence electrons. The van der Waals surface area contributed by atoms with Gasteiger partial charge in [-0.25, -0.2) is 4.79 Å². The van der Waals surface area contributed by atoms with E-state index < -0.39 is 8.07 Å². The molecule has 1 aromatic carbocycles. The Labute approximate surface area is 263 Å². The van der Waals surface area contributed by atoms with E-state index >= 15 is 0 Å². The molecule has 0 saturated carbocycles. The van der Waals surface area contributed by atoms with Gasteiger partial charge in [-0.05, 0) is 69.6 Å². The standard InChI is InChI=1S/C30H43N7O3S2Si/c1-7-40-28(38)24-19-41-30(37(24)22-12-14-31-15-13-22)35(3)26-18-21(2)27(34-33-26)32-29-36(20-39-16-17-43(4,5)6)23-10-8-9-11-25(23)42-29/h8-11,18-19,22,30-31H,7,12-17,20H2,1-6H3/b32-29-. The van der Waals surface area contributed by atoms with Crippen LogP contribution in [0.15, 0.2) is 46.4 Å². The van der Waals surface area contributed by atoms with E-state index in [1.54, 1.807) is 23.1 Å². The molecule has 2 aliphatic heterocycles. The SMILES string of the molecule is CCOC(=O)C1=CSC(N(C)c2cc(C)c(/N=c3\sc4ccccc4n3COCC[Si](C)(C)C)nn2)N1C1CCNCC1. The molecule has 3 aromatic rings. The van der Waals surface area contributed by atoms with Gasteiger partial charge in [0.2, 0.25) is 0 Å². The summed E-state index contributed by atoms with van der Waals surface area (Å²) in [7, 11) is 0.827. The molecule has 1 atom stereocenters. The molecule has 13 heteroatoms. The zero-order chi connectivity index (χ0) is 30.6. The van der Waals surface area contributed by atoms with Gasteiger partial charge in [0.25, 0.3) is 0 Å². The van der Waals surface area contributed by atoms with E-state index in [1.165, 1.54) is 0 Å². The van der Waals surface area contributed by atoms with Crippen LogP contribution in [0.1, 0.15) is 25.3 Å². The number of para-hydroxylation sites is 1. The summed E-state index contributed by atoms with van der Waals surface area (Å²) < 4.78 is 14.8. The third kappa shape index (κ3) is 7.51. The Morgan fingerprint density at radius 1 is 1.21 bits per heavy atom. The average molecular weight is 642 g/mol. The van der Waals surface area contributed by atoms with Crippen molar-refractivity contribution in [2.45, 2.75) is 70.6 Å². The number of anilines is 1. The summed E-state index contributed by atoms with van der Waals surface area (Å²) in [5.74, 6) is 1.03. The quantitative estimate of drug-likeness (QED) is 0.171. The molecule has 0 bridgehead atoms. The van der Waals surface area contributed by atoms with Crippen molar-refractivity contribution >= 4 is 59.0 Å². The minimum absolute atomic E-state index is 0.128. The maximum absolute atomic E-state index is 12.9. The second kappa shape index (κ2) is 13.9. The number of thiazole rings is 1. The zero-order valence-corrected chi connectivity index (χ0v) is 28.6. The van der Waals surface area contributed by atoms with Crippen LogP contribution in [0.4, 0.5) is 11.6 Å². The predicted octanol–water partition coefficient (Wildman–Crippen LogP) is 5.27. The minimum atomic E-state index is -1.18. The zero-order valence-electron chi connectivity index (χ0n) is 26.0. The summed E-state index contributed by atoms with van der Waals surface area (Å²) in [4.78, 5) is 23.0. The number of nitrogens with one attached hydrogen (secondary N) is 1. The van der Waals surface area contributed by atoms with Gasteiger partial charge in [0.15, 0.2) is 21.9 Å². The molecule has 2 aromatic heterocycles. The molecule has 0 aliphatic carbocycles. The summed E-state index contributed by atoms with van der Waals surface area (Å²) >= 11 is 3.23. The van der Waals surface area contributed by atoms with E-state index in [4.69, 9.17) is 14.5 Å². The molecular weight excluding hydrogens is 599 g/mol. The lowest BCUT2D eigenvalue weighted by Gasteiger charge is -2.41. The van der Waals surface area contributed by atoms with E-state index in [1.807, 2.05) is 44.5 Å². The Kier molecular flexibility index (Phi) is 10.3. The molecule has 0 radical (unpaired) electrons. The molecule has 0 spiro atoms. The van der Waals surface area contributed by atoms with E-state index in [-0.39, 0.29) is 17.5 Å². The van der Waals surface area contributed by atoms with Gasteiger partial charge in [0, 0.05) is 33.2 Å².